The molecule has 0 saturated heterocycles. The van der Waals surface area contributed by atoms with Gasteiger partial charge < -0.3 is 4.74 Å². The van der Waals surface area contributed by atoms with Crippen LogP contribution in [0, 0.1) is 0 Å². The van der Waals surface area contributed by atoms with Gasteiger partial charge in [-0.1, -0.05) is 58.5 Å². The van der Waals surface area contributed by atoms with Gasteiger partial charge in [-0.05, 0) is 42.0 Å². The summed E-state index contributed by atoms with van der Waals surface area (Å²) in [5, 5.41) is 0.400. The second-order valence-corrected chi connectivity index (χ2v) is 11.1. The Labute approximate surface area is 187 Å². The first-order chi connectivity index (χ1) is 13.0. The van der Waals surface area contributed by atoms with Crippen LogP contribution in [-0.4, -0.2) is 31.0 Å². The second kappa shape index (κ2) is 9.89. The molecule has 0 fully saturated rings. The highest BCUT2D eigenvalue weighted by atomic mass is 35.6. The Morgan fingerprint density at radius 1 is 1.11 bits per heavy atom. The van der Waals surface area contributed by atoms with E-state index >= 15 is 0 Å². The van der Waals surface area contributed by atoms with Crippen LogP contribution >= 0.6 is 58.2 Å². The molecule has 152 valence electrons. The maximum absolute atomic E-state index is 12.7. The lowest BCUT2D eigenvalue weighted by molar-refractivity contribution is -0.137. The van der Waals surface area contributed by atoms with Gasteiger partial charge in [-0.2, -0.15) is 4.72 Å². The van der Waals surface area contributed by atoms with Crippen molar-refractivity contribution in [1.29, 1.82) is 0 Å². The molecule has 0 heterocycles. The molecule has 0 aliphatic rings. The molecule has 0 aliphatic carbocycles. The van der Waals surface area contributed by atoms with Gasteiger partial charge in [0.1, 0.15) is 0 Å². The minimum atomic E-state index is -3.97. The molecule has 5 nitrogen and oxygen atoms in total. The number of hydrogen-bond donors (Lipinski definition) is 1. The van der Waals surface area contributed by atoms with Crippen molar-refractivity contribution in [1.82, 2.24) is 4.72 Å². The number of ether oxygens (including phenoxy) is 1. The summed E-state index contributed by atoms with van der Waals surface area (Å²) in [6.07, 6.45) is 0. The molecule has 2 aromatic carbocycles. The fraction of sp³-hybridized carbons (Fsp3) is 0.235. The van der Waals surface area contributed by atoms with Crippen molar-refractivity contribution in [3.05, 3.63) is 59.1 Å². The molecular weight excluding hydrogens is 488 g/mol. The number of halogens is 4. The minimum absolute atomic E-state index is 0.0126. The van der Waals surface area contributed by atoms with E-state index in [1.807, 2.05) is 0 Å². The topological polar surface area (TPSA) is 72.5 Å². The number of carbonyl (C=O) groups is 1. The summed E-state index contributed by atoms with van der Waals surface area (Å²) < 4.78 is 30.4. The fourth-order valence-corrected chi connectivity index (χ4v) is 4.96. The zero-order chi connectivity index (χ0) is 20.9. The predicted molar refractivity (Wildman–Crippen MR) is 114 cm³/mol. The normalized spacial score (nSPS) is 13.2. The molecule has 1 N–H and O–H groups in total. The van der Waals surface area contributed by atoms with Gasteiger partial charge in [-0.25, -0.2) is 8.42 Å². The molecule has 0 aliphatic heterocycles. The summed E-state index contributed by atoms with van der Waals surface area (Å²) in [5.74, 6) is -0.212. The Morgan fingerprint density at radius 2 is 1.68 bits per heavy atom. The van der Waals surface area contributed by atoms with Crippen molar-refractivity contribution < 1.29 is 17.9 Å². The third-order valence-electron chi connectivity index (χ3n) is 3.52. The quantitative estimate of drug-likeness (QED) is 0.328. The monoisotopic (exact) mass is 501 g/mol. The van der Waals surface area contributed by atoms with Gasteiger partial charge >= 0.3 is 5.97 Å². The number of carbonyl (C=O) groups excluding carboxylic acids is 1. The standard InChI is InChI=1S/C17H15Cl4NO4S2/c1-26-15(23)10-27-13-6-2-11(3-7-13)16(17(19,20)21)22-28(24,25)14-8-4-12(18)5-9-14/h2-9,16,22H,10H2,1H3. The van der Waals surface area contributed by atoms with Crippen molar-refractivity contribution in [2.24, 2.45) is 0 Å². The van der Waals surface area contributed by atoms with Gasteiger partial charge in [0, 0.05) is 9.92 Å². The number of thioether (sulfide) groups is 1. The van der Waals surface area contributed by atoms with Crippen LogP contribution in [0.25, 0.3) is 0 Å². The number of rotatable bonds is 7. The lowest BCUT2D eigenvalue weighted by Crippen LogP contribution is -2.36. The first kappa shape index (κ1) is 23.6. The van der Waals surface area contributed by atoms with E-state index in [-0.39, 0.29) is 16.6 Å². The zero-order valence-electron chi connectivity index (χ0n) is 14.4. The van der Waals surface area contributed by atoms with E-state index in [2.05, 4.69) is 9.46 Å². The largest absolute Gasteiger partial charge is 0.468 e. The van der Waals surface area contributed by atoms with E-state index in [9.17, 15) is 13.2 Å². The summed E-state index contributed by atoms with van der Waals surface area (Å²) >= 11 is 25.2. The van der Waals surface area contributed by atoms with E-state index in [0.717, 1.165) is 4.90 Å². The summed E-state index contributed by atoms with van der Waals surface area (Å²) in [6, 6.07) is 11.1. The van der Waals surface area contributed by atoms with Gasteiger partial charge in [-0.3, -0.25) is 4.79 Å². The van der Waals surface area contributed by atoms with E-state index in [1.54, 1.807) is 24.3 Å². The number of benzene rings is 2. The molecule has 0 saturated carbocycles. The highest BCUT2D eigenvalue weighted by molar-refractivity contribution is 8.00. The maximum atomic E-state index is 12.7. The maximum Gasteiger partial charge on any atom is 0.315 e. The minimum Gasteiger partial charge on any atom is -0.468 e. The van der Waals surface area contributed by atoms with Crippen molar-refractivity contribution in [3.63, 3.8) is 0 Å². The summed E-state index contributed by atoms with van der Waals surface area (Å²) in [7, 11) is -2.66. The highest BCUT2D eigenvalue weighted by Crippen LogP contribution is 2.41. The van der Waals surface area contributed by atoms with Gasteiger partial charge in [0.2, 0.25) is 13.8 Å². The molecule has 1 atom stereocenters. The Bertz CT molecular complexity index is 914. The highest BCUT2D eigenvalue weighted by Gasteiger charge is 2.37. The Kier molecular flexibility index (Phi) is 8.34. The van der Waals surface area contributed by atoms with Crippen LogP contribution in [0.1, 0.15) is 11.6 Å². The number of hydrogen-bond acceptors (Lipinski definition) is 5. The Morgan fingerprint density at radius 3 is 2.18 bits per heavy atom. The Balaban J connectivity index is 2.24. The molecular formula is C17H15Cl4NO4S2. The number of sulfonamides is 1. The second-order valence-electron chi connectivity index (χ2n) is 5.48. The van der Waals surface area contributed by atoms with Crippen molar-refractivity contribution >= 4 is 74.2 Å². The van der Waals surface area contributed by atoms with Crippen LogP contribution in [0.2, 0.25) is 5.02 Å². The molecule has 0 bridgehead atoms. The molecule has 2 aromatic rings. The van der Waals surface area contributed by atoms with Crippen LogP contribution in [-0.2, 0) is 19.6 Å². The molecule has 11 heteroatoms. The van der Waals surface area contributed by atoms with Crippen molar-refractivity contribution in [2.45, 2.75) is 19.6 Å². The van der Waals surface area contributed by atoms with Gasteiger partial charge in [0.15, 0.2) is 0 Å². The fourth-order valence-electron chi connectivity index (χ4n) is 2.12. The van der Waals surface area contributed by atoms with Crippen molar-refractivity contribution in [3.8, 4) is 0 Å². The number of nitrogens with one attached hydrogen (secondary N) is 1. The average Bonchev–Trinajstić information content (AvgIpc) is 2.64. The lowest BCUT2D eigenvalue weighted by atomic mass is 10.1. The average molecular weight is 503 g/mol. The third-order valence-corrected chi connectivity index (χ3v) is 6.85. The predicted octanol–water partition coefficient (Wildman–Crippen LogP) is 4.99. The van der Waals surface area contributed by atoms with E-state index in [4.69, 9.17) is 46.4 Å². The summed E-state index contributed by atoms with van der Waals surface area (Å²) in [5.41, 5.74) is 0.444. The van der Waals surface area contributed by atoms with Crippen LogP contribution in [0.4, 0.5) is 0 Å². The first-order valence-corrected chi connectivity index (χ1v) is 11.6. The van der Waals surface area contributed by atoms with Gasteiger partial charge in [-0.15, -0.1) is 11.8 Å². The molecule has 0 amide bonds. The van der Waals surface area contributed by atoms with E-state index in [1.165, 1.54) is 43.1 Å². The zero-order valence-corrected chi connectivity index (χ0v) is 19.0. The van der Waals surface area contributed by atoms with Gasteiger partial charge in [0.25, 0.3) is 0 Å². The van der Waals surface area contributed by atoms with Gasteiger partial charge in [0.05, 0.1) is 23.8 Å². The molecule has 0 spiro atoms. The van der Waals surface area contributed by atoms with Crippen LogP contribution in [0.3, 0.4) is 0 Å². The first-order valence-electron chi connectivity index (χ1n) is 7.67. The third kappa shape index (κ3) is 6.69. The molecule has 1 unspecified atom stereocenters. The van der Waals surface area contributed by atoms with Crippen LogP contribution < -0.4 is 4.72 Å². The number of alkyl halides is 3. The SMILES string of the molecule is COC(=O)CSc1ccc(C(NS(=O)(=O)c2ccc(Cl)cc2)C(Cl)(Cl)Cl)cc1. The number of methoxy groups -OCH3 is 1. The molecule has 0 radical (unpaired) electrons. The van der Waals surface area contributed by atoms with Crippen LogP contribution in [0.15, 0.2) is 58.3 Å². The number of esters is 1. The molecule has 2 rings (SSSR count). The summed E-state index contributed by atoms with van der Waals surface area (Å²) in [6.45, 7) is 0. The molecule has 0 aromatic heterocycles. The van der Waals surface area contributed by atoms with E-state index < -0.39 is 19.9 Å². The van der Waals surface area contributed by atoms with E-state index in [0.29, 0.717) is 10.6 Å². The molecule has 28 heavy (non-hydrogen) atoms. The lowest BCUT2D eigenvalue weighted by Gasteiger charge is -2.26. The van der Waals surface area contributed by atoms with Crippen LogP contribution in [0.5, 0.6) is 0 Å². The summed E-state index contributed by atoms with van der Waals surface area (Å²) in [4.78, 5) is 12.0. The smallest absolute Gasteiger partial charge is 0.315 e. The Hall–Kier alpha value is -0.670. The van der Waals surface area contributed by atoms with Crippen molar-refractivity contribution in [2.75, 3.05) is 12.9 Å².